The number of fused-ring (bicyclic) bond motifs is 4. The van der Waals surface area contributed by atoms with Crippen LogP contribution in [0.3, 0.4) is 0 Å². The van der Waals surface area contributed by atoms with Gasteiger partial charge in [-0.05, 0) is 297 Å². The van der Waals surface area contributed by atoms with Crippen LogP contribution in [0.5, 0.6) is 34.5 Å². The number of ether oxygens (including phenoxy) is 9. The van der Waals surface area contributed by atoms with E-state index in [0.29, 0.717) is 47.4 Å². The van der Waals surface area contributed by atoms with Crippen LogP contribution in [-0.4, -0.2) is 56.4 Å². The molecule has 5 saturated carbocycles. The van der Waals surface area contributed by atoms with Crippen molar-refractivity contribution < 1.29 is 47.4 Å². The predicted octanol–water partition coefficient (Wildman–Crippen LogP) is 25.4. The van der Waals surface area contributed by atoms with Gasteiger partial charge in [-0.1, -0.05) is 171 Å². The first-order chi connectivity index (χ1) is 49.7. The zero-order valence-electron chi connectivity index (χ0n) is 69.3. The van der Waals surface area contributed by atoms with Gasteiger partial charge in [-0.2, -0.15) is 0 Å². The lowest BCUT2D eigenvalue weighted by Gasteiger charge is -2.58. The van der Waals surface area contributed by atoms with Gasteiger partial charge < -0.3 is 42.6 Å². The molecule has 10 atom stereocenters. The van der Waals surface area contributed by atoms with Crippen LogP contribution >= 0.6 is 0 Å². The summed E-state index contributed by atoms with van der Waals surface area (Å²) >= 11 is 0. The third-order valence-corrected chi connectivity index (χ3v) is 25.0. The molecule has 578 valence electrons. The monoisotopic (exact) mass is 1440 g/mol. The van der Waals surface area contributed by atoms with Crippen molar-refractivity contribution in [2.75, 3.05) is 14.2 Å². The van der Waals surface area contributed by atoms with Crippen LogP contribution in [0.25, 0.3) is 10.8 Å². The van der Waals surface area contributed by atoms with Crippen molar-refractivity contribution in [2.24, 2.45) is 58.2 Å². The van der Waals surface area contributed by atoms with E-state index in [2.05, 4.69) is 183 Å². The minimum Gasteiger partial charge on any atom is -0.488 e. The van der Waals surface area contributed by atoms with E-state index in [1.54, 1.807) is 7.11 Å². The fourth-order valence-electron chi connectivity index (χ4n) is 17.4. The average Bonchev–Trinajstić information content (AvgIpc) is 1.44. The Kier molecular flexibility index (Phi) is 28.8. The standard InChI is InChI=1S/C22H32O2.C21H32O2.C20H26O3.C16H24O2.C16H24O/c1-4-15(2)19-5-7-20(8-6-19)24-21(23-3)22-12-16-9-17(13-22)11-18(10-16)14-22;1-14(2)21(22-18-8-6-5-7-9-18)23-19-10-11-20-16(4)15(3)12-17(20)13-19;1-7-20(5,6)18(21)22-16-12-8-11-15-14(16)10-9-13-17(15)23-19(2,3)4;1-10(2)16(17-5)18-14-7-6-13-8-11(3)12(4)15(13)9-14;1-6-16(4,5)17-14-7-8-15-12(3)11(2)9-13(15)10-14/h5-8,15-18,21H,4,9-14H2,1-3H3;10-11,13-16,18,21H,5-9,12H2,1-4H3;8-13H,7H2,1-6H3;6-7,9-12,16H,8H2,1-5H3;7-8,10-12H,6,9H2,1-5H3. The molecule has 6 aromatic carbocycles. The van der Waals surface area contributed by atoms with Crippen LogP contribution in [0, 0.1) is 58.2 Å². The number of hydrogen-bond acceptors (Lipinski definition) is 10. The van der Waals surface area contributed by atoms with Crippen LogP contribution in [0.2, 0.25) is 0 Å². The van der Waals surface area contributed by atoms with E-state index in [-0.39, 0.29) is 41.5 Å². The average molecular weight is 1440 g/mol. The summed E-state index contributed by atoms with van der Waals surface area (Å²) in [5, 5.41) is 1.83. The Bertz CT molecular complexity index is 3680. The van der Waals surface area contributed by atoms with Gasteiger partial charge >= 0.3 is 5.97 Å². The van der Waals surface area contributed by atoms with Crippen LogP contribution in [0.15, 0.2) is 115 Å². The summed E-state index contributed by atoms with van der Waals surface area (Å²) in [6, 6.07) is 39.9. The molecule has 10 unspecified atom stereocenters. The maximum atomic E-state index is 12.4. The first kappa shape index (κ1) is 83.0. The molecular weight excluding hydrogens is 1300 g/mol. The van der Waals surface area contributed by atoms with Crippen LogP contribution in [0.1, 0.15) is 298 Å². The molecule has 14 rings (SSSR count). The molecule has 0 aromatic heterocycles. The fraction of sp³-hybridized carbons (Fsp3) is 0.632. The Morgan fingerprint density at radius 3 is 1.50 bits per heavy atom. The summed E-state index contributed by atoms with van der Waals surface area (Å²) < 4.78 is 53.9. The summed E-state index contributed by atoms with van der Waals surface area (Å²) in [6.45, 7) is 45.3. The lowest BCUT2D eigenvalue weighted by atomic mass is 9.49. The maximum Gasteiger partial charge on any atom is 0.316 e. The molecule has 8 aliphatic rings. The molecule has 105 heavy (non-hydrogen) atoms. The molecule has 4 bridgehead atoms. The molecule has 0 aliphatic heterocycles. The summed E-state index contributed by atoms with van der Waals surface area (Å²) in [6.07, 6.45) is 21.1. The Balaban J connectivity index is 0.000000153. The summed E-state index contributed by atoms with van der Waals surface area (Å²) in [5.41, 5.74) is 9.68. The maximum absolute atomic E-state index is 12.4. The highest BCUT2D eigenvalue weighted by Crippen LogP contribution is 2.62. The Morgan fingerprint density at radius 1 is 0.495 bits per heavy atom. The topological polar surface area (TPSA) is 100 Å². The smallest absolute Gasteiger partial charge is 0.316 e. The quantitative estimate of drug-likeness (QED) is 0.0371. The lowest BCUT2D eigenvalue weighted by molar-refractivity contribution is -0.204. The van der Waals surface area contributed by atoms with Crippen molar-refractivity contribution in [1.82, 2.24) is 0 Å². The molecule has 0 saturated heterocycles. The van der Waals surface area contributed by atoms with Crippen molar-refractivity contribution in [3.8, 4) is 34.5 Å². The van der Waals surface area contributed by atoms with Gasteiger partial charge in [0.1, 0.15) is 45.7 Å². The molecule has 0 spiro atoms. The van der Waals surface area contributed by atoms with Gasteiger partial charge in [0.2, 0.25) is 18.9 Å². The largest absolute Gasteiger partial charge is 0.488 e. The Labute approximate surface area is 636 Å². The van der Waals surface area contributed by atoms with Crippen LogP contribution in [-0.2, 0) is 38.3 Å². The molecule has 0 radical (unpaired) electrons. The Morgan fingerprint density at radius 2 is 0.981 bits per heavy atom. The van der Waals surface area contributed by atoms with E-state index in [1.807, 2.05) is 85.1 Å². The number of rotatable bonds is 22. The molecule has 6 aromatic rings. The first-order valence-corrected chi connectivity index (χ1v) is 41.1. The number of hydrogen-bond donors (Lipinski definition) is 0. The molecular formula is C95H138O10. The normalized spacial score (nSPS) is 24.8. The van der Waals surface area contributed by atoms with Crippen molar-refractivity contribution in [3.05, 3.63) is 154 Å². The van der Waals surface area contributed by atoms with Gasteiger partial charge in [0.05, 0.1) is 11.5 Å². The van der Waals surface area contributed by atoms with E-state index in [4.69, 9.17) is 42.6 Å². The summed E-state index contributed by atoms with van der Waals surface area (Å²) in [7, 11) is 3.53. The van der Waals surface area contributed by atoms with Crippen molar-refractivity contribution in [2.45, 2.75) is 314 Å². The van der Waals surface area contributed by atoms with Crippen molar-refractivity contribution >= 4 is 16.7 Å². The minimum absolute atomic E-state index is 0.0654. The van der Waals surface area contributed by atoms with Crippen molar-refractivity contribution in [1.29, 1.82) is 0 Å². The van der Waals surface area contributed by atoms with E-state index in [1.165, 1.54) is 135 Å². The highest BCUT2D eigenvalue weighted by atomic mass is 16.7. The second-order valence-corrected chi connectivity index (χ2v) is 36.1. The van der Waals surface area contributed by atoms with E-state index >= 15 is 0 Å². The highest BCUT2D eigenvalue weighted by Gasteiger charge is 2.56. The third-order valence-electron chi connectivity index (χ3n) is 25.0. The fourth-order valence-corrected chi connectivity index (χ4v) is 17.4. The molecule has 0 heterocycles. The molecule has 8 aliphatic carbocycles. The summed E-state index contributed by atoms with van der Waals surface area (Å²) in [5.74, 6) is 13.4. The van der Waals surface area contributed by atoms with Crippen LogP contribution in [0.4, 0.5) is 0 Å². The Hall–Kier alpha value is -6.07. The molecule has 5 fully saturated rings. The third kappa shape index (κ3) is 21.7. The lowest BCUT2D eigenvalue weighted by Crippen LogP contribution is -2.53. The van der Waals surface area contributed by atoms with Gasteiger partial charge in [-0.3, -0.25) is 4.79 Å². The van der Waals surface area contributed by atoms with Gasteiger partial charge in [0, 0.05) is 42.2 Å². The number of carbonyl (C=O) groups excluding carboxylic acids is 1. The first-order valence-electron chi connectivity index (χ1n) is 41.1. The second kappa shape index (κ2) is 36.4. The number of benzene rings is 6. The van der Waals surface area contributed by atoms with E-state index < -0.39 is 5.41 Å². The van der Waals surface area contributed by atoms with Gasteiger partial charge in [0.15, 0.2) is 0 Å². The zero-order valence-corrected chi connectivity index (χ0v) is 69.3. The minimum atomic E-state index is -0.498. The van der Waals surface area contributed by atoms with Crippen molar-refractivity contribution in [3.63, 3.8) is 0 Å². The number of esters is 1. The van der Waals surface area contributed by atoms with Gasteiger partial charge in [0.25, 0.3) is 0 Å². The molecule has 0 N–H and O–H groups in total. The highest BCUT2D eigenvalue weighted by molar-refractivity contribution is 5.95. The summed E-state index contributed by atoms with van der Waals surface area (Å²) in [4.78, 5) is 12.4. The predicted molar refractivity (Wildman–Crippen MR) is 433 cm³/mol. The number of methoxy groups -OCH3 is 2. The SMILES string of the molecule is CC(C)C(Oc1ccc2c(c1)CC(C)C2C)OC1CCCCC1.CCC(C)(C)C(=O)Oc1cccc2c(OC(C)(C)C)cccc12.CCC(C)(C)Oc1ccc2c(c1)CC(C)C2C.CCC(C)c1ccc(OC(OC)C23CC4CC(CC(C4)C2)C3)cc1.COC(Oc1ccc2c(c1)C(C)C(C)C2)C(C)C. The van der Waals surface area contributed by atoms with E-state index in [0.717, 1.165) is 87.9 Å². The molecule has 0 amide bonds. The van der Waals surface area contributed by atoms with Crippen LogP contribution < -0.4 is 28.4 Å². The van der Waals surface area contributed by atoms with Gasteiger partial charge in [-0.25, -0.2) is 0 Å². The molecule has 10 heteroatoms. The van der Waals surface area contributed by atoms with E-state index in [9.17, 15) is 4.79 Å². The second-order valence-electron chi connectivity index (χ2n) is 36.1. The van der Waals surface area contributed by atoms with Gasteiger partial charge in [-0.15, -0.1) is 0 Å². The zero-order chi connectivity index (χ0) is 76.3. The number of carbonyl (C=O) groups is 1. The molecule has 10 nitrogen and oxygen atoms in total.